The first-order chi connectivity index (χ1) is 13.9. The molecule has 0 saturated heterocycles. The molecule has 0 aliphatic rings. The van der Waals surface area contributed by atoms with Crippen molar-refractivity contribution in [3.63, 3.8) is 0 Å². The third-order valence-corrected chi connectivity index (χ3v) is 4.86. The Morgan fingerprint density at radius 2 is 1.93 bits per heavy atom. The molecule has 4 rings (SSSR count). The van der Waals surface area contributed by atoms with Crippen LogP contribution in [0.2, 0.25) is 5.02 Å². The third-order valence-electron chi connectivity index (χ3n) is 4.63. The van der Waals surface area contributed by atoms with Gasteiger partial charge in [0, 0.05) is 28.4 Å². The summed E-state index contributed by atoms with van der Waals surface area (Å²) in [5.74, 6) is -1.02. The summed E-state index contributed by atoms with van der Waals surface area (Å²) < 4.78 is 14.2. The molecule has 0 fully saturated rings. The molecular formula is C23H17ClFN3O. The number of halogens is 2. The topological polar surface area (TPSA) is 54.9 Å². The van der Waals surface area contributed by atoms with Crippen LogP contribution in [0.4, 0.5) is 10.1 Å². The van der Waals surface area contributed by atoms with Crippen LogP contribution in [0, 0.1) is 19.7 Å². The van der Waals surface area contributed by atoms with E-state index in [-0.39, 0.29) is 10.7 Å². The van der Waals surface area contributed by atoms with Crippen molar-refractivity contribution < 1.29 is 9.18 Å². The summed E-state index contributed by atoms with van der Waals surface area (Å²) >= 11 is 5.81. The van der Waals surface area contributed by atoms with Crippen molar-refractivity contribution in [1.29, 1.82) is 0 Å². The molecule has 1 amide bonds. The van der Waals surface area contributed by atoms with E-state index in [1.165, 1.54) is 12.1 Å². The number of hydrogen-bond donors (Lipinski definition) is 1. The minimum absolute atomic E-state index is 0.0664. The van der Waals surface area contributed by atoms with Crippen molar-refractivity contribution in [2.45, 2.75) is 13.8 Å². The predicted octanol–water partition coefficient (Wildman–Crippen LogP) is 5.96. The SMILES string of the molecule is Cc1cc(C)c2nc(-c3cccnc3)cc(C(=O)Nc3ccc(Cl)cc3F)c2c1. The van der Waals surface area contributed by atoms with Crippen LogP contribution in [-0.2, 0) is 0 Å². The minimum atomic E-state index is -0.593. The lowest BCUT2D eigenvalue weighted by Crippen LogP contribution is -2.14. The van der Waals surface area contributed by atoms with E-state index in [9.17, 15) is 9.18 Å². The molecule has 0 radical (unpaired) electrons. The Bertz CT molecular complexity index is 1240. The van der Waals surface area contributed by atoms with Crippen LogP contribution in [0.1, 0.15) is 21.5 Å². The van der Waals surface area contributed by atoms with Gasteiger partial charge in [-0.15, -0.1) is 0 Å². The number of carbonyl (C=O) groups is 1. The first-order valence-corrected chi connectivity index (χ1v) is 9.39. The fourth-order valence-corrected chi connectivity index (χ4v) is 3.47. The van der Waals surface area contributed by atoms with Crippen LogP contribution in [0.3, 0.4) is 0 Å². The van der Waals surface area contributed by atoms with Crippen molar-refractivity contribution >= 4 is 34.1 Å². The lowest BCUT2D eigenvalue weighted by Gasteiger charge is -2.13. The Labute approximate surface area is 172 Å². The molecule has 6 heteroatoms. The highest BCUT2D eigenvalue weighted by molar-refractivity contribution is 6.30. The first kappa shape index (κ1) is 19.0. The number of anilines is 1. The van der Waals surface area contributed by atoms with Crippen LogP contribution in [0.15, 0.2) is 60.9 Å². The van der Waals surface area contributed by atoms with E-state index >= 15 is 0 Å². The van der Waals surface area contributed by atoms with E-state index in [2.05, 4.69) is 10.3 Å². The van der Waals surface area contributed by atoms with E-state index in [0.29, 0.717) is 16.6 Å². The number of aromatic nitrogens is 2. The molecular weight excluding hydrogens is 389 g/mol. The normalized spacial score (nSPS) is 10.9. The molecule has 1 N–H and O–H groups in total. The standard InChI is InChI=1S/C23H17ClFN3O/c1-13-8-14(2)22-17(9-13)18(11-21(27-22)15-4-3-7-26-12-15)23(29)28-20-6-5-16(24)10-19(20)25/h3-12H,1-2H3,(H,28,29). The quantitative estimate of drug-likeness (QED) is 0.457. The molecule has 2 aromatic carbocycles. The number of carbonyl (C=O) groups excluding carboxylic acids is 1. The molecule has 29 heavy (non-hydrogen) atoms. The number of pyridine rings is 2. The van der Waals surface area contributed by atoms with Gasteiger partial charge in [-0.25, -0.2) is 9.37 Å². The van der Waals surface area contributed by atoms with Gasteiger partial charge in [0.15, 0.2) is 0 Å². The molecule has 0 saturated carbocycles. The second-order valence-corrected chi connectivity index (χ2v) is 7.29. The number of benzene rings is 2. The number of hydrogen-bond acceptors (Lipinski definition) is 3. The highest BCUT2D eigenvalue weighted by Crippen LogP contribution is 2.29. The van der Waals surface area contributed by atoms with Crippen molar-refractivity contribution in [2.75, 3.05) is 5.32 Å². The van der Waals surface area contributed by atoms with Crippen molar-refractivity contribution in [3.05, 3.63) is 88.5 Å². The van der Waals surface area contributed by atoms with Gasteiger partial charge < -0.3 is 5.32 Å². The van der Waals surface area contributed by atoms with Gasteiger partial charge in [-0.3, -0.25) is 9.78 Å². The van der Waals surface area contributed by atoms with E-state index < -0.39 is 11.7 Å². The summed E-state index contributed by atoms with van der Waals surface area (Å²) in [6, 6.07) is 13.5. The molecule has 0 aliphatic carbocycles. The van der Waals surface area contributed by atoms with E-state index in [4.69, 9.17) is 16.6 Å². The van der Waals surface area contributed by atoms with Gasteiger partial charge in [0.05, 0.1) is 22.5 Å². The van der Waals surface area contributed by atoms with Gasteiger partial charge in [-0.05, 0) is 61.9 Å². The third kappa shape index (κ3) is 3.82. The second-order valence-electron chi connectivity index (χ2n) is 6.85. The summed E-state index contributed by atoms with van der Waals surface area (Å²) in [5, 5.41) is 3.62. The van der Waals surface area contributed by atoms with Crippen molar-refractivity contribution in [3.8, 4) is 11.3 Å². The molecule has 2 heterocycles. The van der Waals surface area contributed by atoms with Gasteiger partial charge in [0.1, 0.15) is 5.82 Å². The number of aryl methyl sites for hydroxylation is 2. The van der Waals surface area contributed by atoms with E-state index in [1.807, 2.05) is 38.1 Å². The van der Waals surface area contributed by atoms with Crippen LogP contribution in [0.5, 0.6) is 0 Å². The summed E-state index contributed by atoms with van der Waals surface area (Å²) in [7, 11) is 0. The molecule has 0 atom stereocenters. The monoisotopic (exact) mass is 405 g/mol. The minimum Gasteiger partial charge on any atom is -0.319 e. The lowest BCUT2D eigenvalue weighted by molar-refractivity contribution is 0.102. The summed E-state index contributed by atoms with van der Waals surface area (Å²) in [4.78, 5) is 22.0. The second kappa shape index (κ2) is 7.60. The summed E-state index contributed by atoms with van der Waals surface area (Å²) in [5.41, 5.74) is 4.58. The first-order valence-electron chi connectivity index (χ1n) is 9.01. The lowest BCUT2D eigenvalue weighted by atomic mass is 9.99. The van der Waals surface area contributed by atoms with Gasteiger partial charge in [0.2, 0.25) is 0 Å². The highest BCUT2D eigenvalue weighted by Gasteiger charge is 2.17. The Morgan fingerprint density at radius 3 is 2.66 bits per heavy atom. The molecule has 4 nitrogen and oxygen atoms in total. The van der Waals surface area contributed by atoms with Crippen LogP contribution in [0.25, 0.3) is 22.2 Å². The molecule has 144 valence electrons. The zero-order valence-electron chi connectivity index (χ0n) is 15.8. The number of nitrogens with zero attached hydrogens (tertiary/aromatic N) is 2. The van der Waals surface area contributed by atoms with Gasteiger partial charge in [-0.2, -0.15) is 0 Å². The molecule has 0 aliphatic heterocycles. The molecule has 0 unspecified atom stereocenters. The molecule has 0 spiro atoms. The van der Waals surface area contributed by atoms with Gasteiger partial charge in [0.25, 0.3) is 5.91 Å². The summed E-state index contributed by atoms with van der Waals surface area (Å²) in [6.45, 7) is 3.91. The maximum Gasteiger partial charge on any atom is 0.256 e. The number of fused-ring (bicyclic) bond motifs is 1. The Morgan fingerprint density at radius 1 is 1.10 bits per heavy atom. The van der Waals surface area contributed by atoms with E-state index in [1.54, 1.807) is 18.5 Å². The Balaban J connectivity index is 1.88. The van der Waals surface area contributed by atoms with E-state index in [0.717, 1.165) is 28.3 Å². The Kier molecular flexibility index (Phi) is 4.99. The van der Waals surface area contributed by atoms with Gasteiger partial charge >= 0.3 is 0 Å². The number of rotatable bonds is 3. The average Bonchev–Trinajstić information content (AvgIpc) is 2.70. The summed E-state index contributed by atoms with van der Waals surface area (Å²) in [6.07, 6.45) is 3.37. The zero-order valence-corrected chi connectivity index (χ0v) is 16.6. The Hall–Kier alpha value is -3.31. The maximum atomic E-state index is 14.2. The predicted molar refractivity (Wildman–Crippen MR) is 114 cm³/mol. The molecule has 2 aromatic heterocycles. The van der Waals surface area contributed by atoms with Crippen molar-refractivity contribution in [2.24, 2.45) is 0 Å². The smallest absolute Gasteiger partial charge is 0.256 e. The fourth-order valence-electron chi connectivity index (χ4n) is 3.31. The van der Waals surface area contributed by atoms with Crippen LogP contribution >= 0.6 is 11.6 Å². The number of nitrogens with one attached hydrogen (secondary N) is 1. The van der Waals surface area contributed by atoms with Crippen LogP contribution in [-0.4, -0.2) is 15.9 Å². The van der Waals surface area contributed by atoms with Crippen molar-refractivity contribution in [1.82, 2.24) is 9.97 Å². The largest absolute Gasteiger partial charge is 0.319 e. The maximum absolute atomic E-state index is 14.2. The average molecular weight is 406 g/mol. The fraction of sp³-hybridized carbons (Fsp3) is 0.0870. The van der Waals surface area contributed by atoms with Gasteiger partial charge in [-0.1, -0.05) is 23.2 Å². The molecule has 4 aromatic rings. The zero-order chi connectivity index (χ0) is 20.5. The number of amides is 1. The van der Waals surface area contributed by atoms with Crippen LogP contribution < -0.4 is 5.32 Å². The molecule has 0 bridgehead atoms. The highest BCUT2D eigenvalue weighted by atomic mass is 35.5.